The van der Waals surface area contributed by atoms with Crippen molar-refractivity contribution in [2.75, 3.05) is 6.67 Å². The van der Waals surface area contributed by atoms with E-state index in [4.69, 9.17) is 10.2 Å². The maximum atomic E-state index is 12.0. The number of amides is 2. The summed E-state index contributed by atoms with van der Waals surface area (Å²) in [6.07, 6.45) is 28.7. The molecule has 0 heterocycles. The van der Waals surface area contributed by atoms with Crippen molar-refractivity contribution in [3.8, 4) is 0 Å². The van der Waals surface area contributed by atoms with Crippen LogP contribution in [0.25, 0.3) is 0 Å². The second kappa shape index (κ2) is 30.8. The lowest BCUT2D eigenvalue weighted by Crippen LogP contribution is -2.37. The number of carbonyl (C=O) groups is 4. The molecule has 0 aromatic rings. The number of carboxylic acids is 2. The average Bonchev–Trinajstić information content (AvgIpc) is 2.93. The molecule has 0 fully saturated rings. The third kappa shape index (κ3) is 34.0. The summed E-state index contributed by atoms with van der Waals surface area (Å²) in [7, 11) is 0. The zero-order valence-electron chi connectivity index (χ0n) is 26.0. The first kappa shape index (κ1) is 38.9. The number of carbonyl (C=O) groups excluding carboxylic acids is 2. The molecule has 0 bridgehead atoms. The first-order valence-corrected chi connectivity index (χ1v) is 16.9. The molecule has 4 N–H and O–H groups in total. The highest BCUT2D eigenvalue weighted by Gasteiger charge is 2.04. The van der Waals surface area contributed by atoms with E-state index in [1.165, 1.54) is 77.0 Å². The summed E-state index contributed by atoms with van der Waals surface area (Å²) in [5.74, 6) is -1.37. The second-order valence-electron chi connectivity index (χ2n) is 11.6. The predicted molar refractivity (Wildman–Crippen MR) is 166 cm³/mol. The van der Waals surface area contributed by atoms with Crippen LogP contribution in [0.5, 0.6) is 0 Å². The van der Waals surface area contributed by atoms with Gasteiger partial charge < -0.3 is 20.8 Å². The minimum atomic E-state index is -0.693. The van der Waals surface area contributed by atoms with E-state index in [2.05, 4.69) is 10.6 Å². The third-order valence-corrected chi connectivity index (χ3v) is 7.66. The Hall–Kier alpha value is -2.12. The van der Waals surface area contributed by atoms with E-state index >= 15 is 0 Å². The molecule has 0 aliphatic heterocycles. The van der Waals surface area contributed by atoms with Gasteiger partial charge in [-0.25, -0.2) is 0 Å². The highest BCUT2D eigenvalue weighted by Crippen LogP contribution is 2.14. The van der Waals surface area contributed by atoms with Crippen molar-refractivity contribution in [1.29, 1.82) is 0 Å². The Morgan fingerprint density at radius 1 is 0.317 bits per heavy atom. The minimum Gasteiger partial charge on any atom is -0.481 e. The average molecular weight is 583 g/mol. The summed E-state index contributed by atoms with van der Waals surface area (Å²) in [6.45, 7) is 0.219. The molecule has 0 aromatic carbocycles. The predicted octanol–water partition coefficient (Wildman–Crippen LogP) is 8.27. The second-order valence-corrected chi connectivity index (χ2v) is 11.6. The number of aliphatic carboxylic acids is 2. The Morgan fingerprint density at radius 2 is 0.512 bits per heavy atom. The summed E-state index contributed by atoms with van der Waals surface area (Å²) in [6, 6.07) is 0. The normalized spacial score (nSPS) is 10.9. The molecule has 8 nitrogen and oxygen atoms in total. The molecule has 0 aliphatic rings. The van der Waals surface area contributed by atoms with Crippen LogP contribution in [0.2, 0.25) is 0 Å². The van der Waals surface area contributed by atoms with Gasteiger partial charge in [0, 0.05) is 25.7 Å². The van der Waals surface area contributed by atoms with Gasteiger partial charge in [-0.05, 0) is 25.7 Å². The number of unbranched alkanes of at least 4 members (excludes halogenated alkanes) is 22. The number of hydrogen-bond donors (Lipinski definition) is 4. The lowest BCUT2D eigenvalue weighted by molar-refractivity contribution is -0.138. The van der Waals surface area contributed by atoms with Gasteiger partial charge in [-0.3, -0.25) is 19.2 Å². The van der Waals surface area contributed by atoms with Crippen LogP contribution in [-0.4, -0.2) is 40.6 Å². The van der Waals surface area contributed by atoms with Crippen LogP contribution in [0.15, 0.2) is 0 Å². The van der Waals surface area contributed by atoms with Crippen molar-refractivity contribution < 1.29 is 29.4 Å². The van der Waals surface area contributed by atoms with Crippen LogP contribution in [0, 0.1) is 0 Å². The van der Waals surface area contributed by atoms with Crippen molar-refractivity contribution in [1.82, 2.24) is 10.6 Å². The summed E-state index contributed by atoms with van der Waals surface area (Å²) >= 11 is 0. The van der Waals surface area contributed by atoms with Gasteiger partial charge in [0.25, 0.3) is 0 Å². The topological polar surface area (TPSA) is 133 Å². The highest BCUT2D eigenvalue weighted by molar-refractivity contribution is 5.78. The van der Waals surface area contributed by atoms with Crippen LogP contribution in [0.1, 0.15) is 180 Å². The van der Waals surface area contributed by atoms with Gasteiger partial charge in [0.15, 0.2) is 0 Å². The van der Waals surface area contributed by atoms with E-state index in [-0.39, 0.29) is 18.5 Å². The van der Waals surface area contributed by atoms with E-state index in [0.29, 0.717) is 25.7 Å². The molecule has 0 radical (unpaired) electrons. The summed E-state index contributed by atoms with van der Waals surface area (Å²) in [5.41, 5.74) is 0. The van der Waals surface area contributed by atoms with Crippen molar-refractivity contribution in [2.45, 2.75) is 180 Å². The van der Waals surface area contributed by atoms with Crippen molar-refractivity contribution >= 4 is 23.8 Å². The van der Waals surface area contributed by atoms with Gasteiger partial charge in [-0.15, -0.1) is 0 Å². The highest BCUT2D eigenvalue weighted by atomic mass is 16.4. The third-order valence-electron chi connectivity index (χ3n) is 7.66. The smallest absolute Gasteiger partial charge is 0.303 e. The Labute approximate surface area is 250 Å². The Balaban J connectivity index is 3.29. The van der Waals surface area contributed by atoms with E-state index in [1.54, 1.807) is 0 Å². The largest absolute Gasteiger partial charge is 0.481 e. The first-order chi connectivity index (χ1) is 19.9. The molecule has 0 saturated carbocycles. The van der Waals surface area contributed by atoms with E-state index < -0.39 is 11.9 Å². The molecule has 0 aromatic heterocycles. The number of nitrogens with one attached hydrogen (secondary N) is 2. The van der Waals surface area contributed by atoms with Crippen LogP contribution in [0.4, 0.5) is 0 Å². The van der Waals surface area contributed by atoms with E-state index in [9.17, 15) is 19.2 Å². The number of hydrogen-bond acceptors (Lipinski definition) is 4. The zero-order valence-corrected chi connectivity index (χ0v) is 26.0. The molecule has 0 aliphatic carbocycles. The van der Waals surface area contributed by atoms with Gasteiger partial charge in [0.2, 0.25) is 11.8 Å². The van der Waals surface area contributed by atoms with Crippen LogP contribution in [0.3, 0.4) is 0 Å². The maximum Gasteiger partial charge on any atom is 0.303 e. The summed E-state index contributed by atoms with van der Waals surface area (Å²) in [5, 5.41) is 22.8. The lowest BCUT2D eigenvalue weighted by Gasteiger charge is -2.08. The molecule has 0 rings (SSSR count). The number of carboxylic acid groups (broad SMARTS) is 2. The fourth-order valence-corrected chi connectivity index (χ4v) is 5.08. The van der Waals surface area contributed by atoms with Gasteiger partial charge in [0.05, 0.1) is 6.67 Å². The zero-order chi connectivity index (χ0) is 30.2. The molecule has 0 unspecified atom stereocenters. The lowest BCUT2D eigenvalue weighted by atomic mass is 10.0. The van der Waals surface area contributed by atoms with Gasteiger partial charge in [0.1, 0.15) is 0 Å². The fraction of sp³-hybridized carbons (Fsp3) is 0.879. The molecule has 0 spiro atoms. The van der Waals surface area contributed by atoms with Crippen LogP contribution < -0.4 is 10.6 Å². The minimum absolute atomic E-state index is 0.00633. The molecule has 0 atom stereocenters. The molecule has 8 heteroatoms. The summed E-state index contributed by atoms with van der Waals surface area (Å²) < 4.78 is 0. The van der Waals surface area contributed by atoms with Gasteiger partial charge >= 0.3 is 11.9 Å². The molecule has 2 amide bonds. The van der Waals surface area contributed by atoms with Crippen molar-refractivity contribution in [3.63, 3.8) is 0 Å². The molecular formula is C33H62N2O6. The quantitative estimate of drug-likeness (QED) is 0.0466. The molecule has 41 heavy (non-hydrogen) atoms. The molecule has 0 saturated heterocycles. The van der Waals surface area contributed by atoms with E-state index in [1.807, 2.05) is 0 Å². The number of rotatable bonds is 32. The van der Waals surface area contributed by atoms with Crippen molar-refractivity contribution in [3.05, 3.63) is 0 Å². The van der Waals surface area contributed by atoms with Crippen LogP contribution in [-0.2, 0) is 19.2 Å². The Kier molecular flexibility index (Phi) is 29.2. The fourth-order valence-electron chi connectivity index (χ4n) is 5.08. The molecule has 240 valence electrons. The molecular weight excluding hydrogens is 520 g/mol. The standard InChI is InChI=1S/C33H62N2O6/c36-30(25-21-17-13-9-5-1-3-7-11-15-19-23-27-32(38)39)34-29-35-31(37)26-22-18-14-10-6-2-4-8-12-16-20-24-28-33(40)41/h1-29H2,(H,34,36)(H,35,37)(H,38,39)(H,40,41). The monoisotopic (exact) mass is 582 g/mol. The first-order valence-electron chi connectivity index (χ1n) is 16.9. The van der Waals surface area contributed by atoms with E-state index in [0.717, 1.165) is 77.0 Å². The SMILES string of the molecule is O=C(O)CCCCCCCCCCCCCCC(=O)NCNC(=O)CCCCCCCCCCCCCCC(=O)O. The van der Waals surface area contributed by atoms with Crippen LogP contribution >= 0.6 is 0 Å². The summed E-state index contributed by atoms with van der Waals surface area (Å²) in [4.78, 5) is 44.8. The van der Waals surface area contributed by atoms with Gasteiger partial charge in [-0.1, -0.05) is 128 Å². The maximum absolute atomic E-state index is 12.0. The van der Waals surface area contributed by atoms with Crippen molar-refractivity contribution in [2.24, 2.45) is 0 Å². The Morgan fingerprint density at radius 3 is 0.732 bits per heavy atom. The van der Waals surface area contributed by atoms with Gasteiger partial charge in [-0.2, -0.15) is 0 Å². The Bertz CT molecular complexity index is 602.